The minimum absolute atomic E-state index is 0.0546. The fourth-order valence-corrected chi connectivity index (χ4v) is 5.00. The molecule has 7 nitrogen and oxygen atoms in total. The van der Waals surface area contributed by atoms with Gasteiger partial charge < -0.3 is 19.9 Å². The zero-order valence-corrected chi connectivity index (χ0v) is 20.4. The lowest BCUT2D eigenvalue weighted by molar-refractivity contribution is -0.127. The molecule has 0 spiro atoms. The molecule has 1 atom stereocenters. The number of methoxy groups -OCH3 is 1. The molecule has 32 heavy (non-hydrogen) atoms. The van der Waals surface area contributed by atoms with E-state index in [1.165, 1.54) is 11.8 Å². The van der Waals surface area contributed by atoms with Crippen LogP contribution in [0.4, 0.5) is 0 Å². The van der Waals surface area contributed by atoms with Gasteiger partial charge in [-0.05, 0) is 43.9 Å². The summed E-state index contributed by atoms with van der Waals surface area (Å²) in [5.41, 5.74) is 2.97. The molecule has 172 valence electrons. The second-order valence-corrected chi connectivity index (χ2v) is 8.72. The summed E-state index contributed by atoms with van der Waals surface area (Å²) in [5.74, 6) is -0.163. The number of aliphatic imine (C=N–C) groups is 1. The summed E-state index contributed by atoms with van der Waals surface area (Å²) in [4.78, 5) is 34.6. The van der Waals surface area contributed by atoms with E-state index in [0.717, 1.165) is 16.4 Å². The van der Waals surface area contributed by atoms with Crippen molar-refractivity contribution >= 4 is 40.3 Å². The van der Waals surface area contributed by atoms with Gasteiger partial charge in [-0.3, -0.25) is 9.59 Å². The Labute approximate surface area is 198 Å². The highest BCUT2D eigenvalue weighted by atomic mass is 35.5. The van der Waals surface area contributed by atoms with Crippen molar-refractivity contribution in [1.29, 1.82) is 0 Å². The number of benzene rings is 1. The largest absolute Gasteiger partial charge is 0.383 e. The number of allylic oxidation sites excluding steroid dienone is 1. The van der Waals surface area contributed by atoms with E-state index in [2.05, 4.69) is 5.32 Å². The summed E-state index contributed by atoms with van der Waals surface area (Å²) in [6.07, 6.45) is 0.179. The maximum atomic E-state index is 13.6. The van der Waals surface area contributed by atoms with Gasteiger partial charge in [0.25, 0.3) is 5.91 Å². The highest BCUT2D eigenvalue weighted by Crippen LogP contribution is 2.45. The molecular weight excluding hydrogens is 448 g/mol. The molecule has 0 saturated carbocycles. The summed E-state index contributed by atoms with van der Waals surface area (Å²) in [6.45, 7) is 7.89. The van der Waals surface area contributed by atoms with E-state index in [1.54, 1.807) is 12.0 Å². The van der Waals surface area contributed by atoms with Crippen molar-refractivity contribution in [2.45, 2.75) is 33.2 Å². The van der Waals surface area contributed by atoms with Gasteiger partial charge >= 0.3 is 0 Å². The third-order valence-corrected chi connectivity index (χ3v) is 6.54. The van der Waals surface area contributed by atoms with Crippen LogP contribution in [0.15, 0.2) is 51.6 Å². The first-order valence-corrected chi connectivity index (χ1v) is 11.9. The number of halogens is 1. The first kappa shape index (κ1) is 24.4. The highest BCUT2D eigenvalue weighted by molar-refractivity contribution is 8.16. The molecule has 0 bridgehead atoms. The van der Waals surface area contributed by atoms with Crippen LogP contribution in [0.1, 0.15) is 38.8 Å². The van der Waals surface area contributed by atoms with Gasteiger partial charge in [0.1, 0.15) is 0 Å². The number of hydrogen-bond acceptors (Lipinski definition) is 6. The molecule has 0 saturated heterocycles. The number of fused-ring (bicyclic) bond motifs is 1. The molecule has 1 aromatic rings. The Morgan fingerprint density at radius 3 is 2.72 bits per heavy atom. The number of hydrogen-bond donors (Lipinski definition) is 1. The summed E-state index contributed by atoms with van der Waals surface area (Å²) in [5, 5.41) is 6.14. The number of rotatable bonds is 9. The minimum Gasteiger partial charge on any atom is -0.383 e. The van der Waals surface area contributed by atoms with Crippen molar-refractivity contribution in [3.8, 4) is 0 Å². The van der Waals surface area contributed by atoms with Gasteiger partial charge in [0, 0.05) is 37.5 Å². The van der Waals surface area contributed by atoms with E-state index >= 15 is 0 Å². The van der Waals surface area contributed by atoms with Crippen LogP contribution in [-0.2, 0) is 14.3 Å². The third-order valence-electron chi connectivity index (χ3n) is 5.42. The van der Waals surface area contributed by atoms with Crippen LogP contribution in [0.5, 0.6) is 0 Å². The van der Waals surface area contributed by atoms with Gasteiger partial charge in [0.05, 0.1) is 30.3 Å². The summed E-state index contributed by atoms with van der Waals surface area (Å²) in [7, 11) is 1.59. The number of thioether (sulfide) groups is 1. The normalized spacial score (nSPS) is 17.7. The van der Waals surface area contributed by atoms with Crippen molar-refractivity contribution in [2.24, 2.45) is 4.99 Å². The number of nitrogens with zero attached hydrogens (tertiary/aromatic N) is 3. The van der Waals surface area contributed by atoms with Crippen molar-refractivity contribution < 1.29 is 14.3 Å². The van der Waals surface area contributed by atoms with E-state index in [9.17, 15) is 9.59 Å². The average Bonchev–Trinajstić information content (AvgIpc) is 3.15. The van der Waals surface area contributed by atoms with Gasteiger partial charge in [-0.1, -0.05) is 35.5 Å². The molecule has 1 aromatic carbocycles. The maximum absolute atomic E-state index is 13.6. The quantitative estimate of drug-likeness (QED) is 0.546. The zero-order chi connectivity index (χ0) is 23.3. The SMILES string of the molecule is CCN(CC)C(=O)C1=C(C)N=C2SC=C(CC(=O)NCCOC)N2C1c1cccc(Cl)c1. The smallest absolute Gasteiger partial charge is 0.254 e. The first-order chi connectivity index (χ1) is 15.4. The van der Waals surface area contributed by atoms with E-state index in [1.807, 2.05) is 55.3 Å². The zero-order valence-electron chi connectivity index (χ0n) is 18.9. The van der Waals surface area contributed by atoms with Crippen LogP contribution in [0.3, 0.4) is 0 Å². The fourth-order valence-electron chi connectivity index (χ4n) is 3.84. The predicted molar refractivity (Wildman–Crippen MR) is 129 cm³/mol. The van der Waals surface area contributed by atoms with Crippen molar-refractivity contribution in [1.82, 2.24) is 15.1 Å². The maximum Gasteiger partial charge on any atom is 0.254 e. The van der Waals surface area contributed by atoms with Crippen LogP contribution in [0, 0.1) is 0 Å². The van der Waals surface area contributed by atoms with Gasteiger partial charge in [0.15, 0.2) is 5.17 Å². The van der Waals surface area contributed by atoms with Gasteiger partial charge in [-0.25, -0.2) is 4.99 Å². The van der Waals surface area contributed by atoms with Gasteiger partial charge in [0.2, 0.25) is 5.91 Å². The lowest BCUT2D eigenvalue weighted by atomic mass is 9.92. The predicted octanol–water partition coefficient (Wildman–Crippen LogP) is 3.94. The number of carbonyl (C=O) groups is 2. The second kappa shape index (κ2) is 11.0. The minimum atomic E-state index is -0.415. The molecule has 3 rings (SSSR count). The molecule has 2 aliphatic heterocycles. The molecule has 1 N–H and O–H groups in total. The molecule has 9 heteroatoms. The lowest BCUT2D eigenvalue weighted by Gasteiger charge is -2.38. The number of ether oxygens (including phenoxy) is 1. The van der Waals surface area contributed by atoms with Crippen molar-refractivity contribution in [2.75, 3.05) is 33.4 Å². The van der Waals surface area contributed by atoms with Crippen molar-refractivity contribution in [3.05, 3.63) is 57.2 Å². The summed E-state index contributed by atoms with van der Waals surface area (Å²) < 4.78 is 5.01. The van der Waals surface area contributed by atoms with Crippen LogP contribution in [-0.4, -0.2) is 60.1 Å². The Bertz CT molecular complexity index is 972. The topological polar surface area (TPSA) is 74.2 Å². The van der Waals surface area contributed by atoms with E-state index in [4.69, 9.17) is 21.3 Å². The fraction of sp³-hybridized carbons (Fsp3) is 0.435. The Hall–Kier alpha value is -2.29. The Kier molecular flexibility index (Phi) is 8.39. The number of carbonyl (C=O) groups excluding carboxylic acids is 2. The molecule has 2 amide bonds. The lowest BCUT2D eigenvalue weighted by Crippen LogP contribution is -2.42. The highest BCUT2D eigenvalue weighted by Gasteiger charge is 2.41. The summed E-state index contributed by atoms with van der Waals surface area (Å²) >= 11 is 7.79. The molecule has 0 radical (unpaired) electrons. The first-order valence-electron chi connectivity index (χ1n) is 10.7. The van der Waals surface area contributed by atoms with Gasteiger partial charge in [-0.2, -0.15) is 0 Å². The molecule has 0 fully saturated rings. The Morgan fingerprint density at radius 2 is 2.06 bits per heavy atom. The molecule has 0 aromatic heterocycles. The molecule has 2 aliphatic rings. The molecule has 2 heterocycles. The number of amides is 2. The van der Waals surface area contributed by atoms with E-state index in [0.29, 0.717) is 42.5 Å². The average molecular weight is 477 g/mol. The Morgan fingerprint density at radius 1 is 1.31 bits per heavy atom. The number of amidine groups is 1. The van der Waals surface area contributed by atoms with Crippen molar-refractivity contribution in [3.63, 3.8) is 0 Å². The third kappa shape index (κ3) is 5.19. The summed E-state index contributed by atoms with van der Waals surface area (Å²) in [6, 6.07) is 7.10. The number of likely N-dealkylation sites (N-methyl/N-ethyl adjacent to an activating group) is 1. The van der Waals surface area contributed by atoms with E-state index < -0.39 is 6.04 Å². The standard InChI is InChI=1S/C23H29ClN4O3S/c1-5-27(6-2)22(30)20-15(3)26-23-28(21(20)16-8-7-9-17(24)12-16)18(14-32-23)13-19(29)25-10-11-31-4/h7-9,12,14,21H,5-6,10-11,13H2,1-4H3,(H,25,29). The second-order valence-electron chi connectivity index (χ2n) is 7.45. The molecule has 0 aliphatic carbocycles. The van der Waals surface area contributed by atoms with Crippen LogP contribution < -0.4 is 5.32 Å². The Balaban J connectivity index is 2.00. The molecular formula is C23H29ClN4O3S. The van der Waals surface area contributed by atoms with Crippen LogP contribution in [0.2, 0.25) is 5.02 Å². The van der Waals surface area contributed by atoms with Crippen LogP contribution >= 0.6 is 23.4 Å². The van der Waals surface area contributed by atoms with Crippen LogP contribution in [0.25, 0.3) is 0 Å². The molecule has 1 unspecified atom stereocenters. The monoisotopic (exact) mass is 476 g/mol. The van der Waals surface area contributed by atoms with Gasteiger partial charge in [-0.15, -0.1) is 0 Å². The number of nitrogens with one attached hydrogen (secondary N) is 1. The van der Waals surface area contributed by atoms with E-state index in [-0.39, 0.29) is 18.2 Å².